The molecule has 0 aliphatic rings. The van der Waals surface area contributed by atoms with Crippen molar-refractivity contribution >= 4 is 5.69 Å². The highest BCUT2D eigenvalue weighted by atomic mass is 15.1. The van der Waals surface area contributed by atoms with E-state index < -0.39 is 0 Å². The zero-order chi connectivity index (χ0) is 14.4. The van der Waals surface area contributed by atoms with Crippen molar-refractivity contribution in [3.63, 3.8) is 0 Å². The zero-order valence-corrected chi connectivity index (χ0v) is 12.3. The van der Waals surface area contributed by atoms with Gasteiger partial charge in [0, 0.05) is 24.5 Å². The van der Waals surface area contributed by atoms with Crippen LogP contribution in [-0.2, 0) is 13.1 Å². The lowest BCUT2D eigenvalue weighted by atomic mass is 10.2. The van der Waals surface area contributed by atoms with Crippen LogP contribution < -0.4 is 5.73 Å². The predicted octanol–water partition coefficient (Wildman–Crippen LogP) is 3.38. The molecule has 0 aliphatic heterocycles. The third-order valence-corrected chi connectivity index (χ3v) is 3.23. The Balaban J connectivity index is 2.07. The number of pyridine rings is 1. The van der Waals surface area contributed by atoms with Gasteiger partial charge in [0.1, 0.15) is 0 Å². The minimum absolute atomic E-state index is 0.827. The second-order valence-electron chi connectivity index (χ2n) is 5.23. The molecule has 0 fully saturated rings. The zero-order valence-electron chi connectivity index (χ0n) is 12.3. The number of nitrogens with two attached hydrogens (primary N) is 1. The van der Waals surface area contributed by atoms with Gasteiger partial charge in [-0.15, -0.1) is 0 Å². The van der Waals surface area contributed by atoms with Crippen molar-refractivity contribution in [1.82, 2.24) is 9.88 Å². The van der Waals surface area contributed by atoms with Crippen LogP contribution in [-0.4, -0.2) is 16.4 Å². The van der Waals surface area contributed by atoms with Gasteiger partial charge in [0.15, 0.2) is 0 Å². The van der Waals surface area contributed by atoms with Gasteiger partial charge in [-0.3, -0.25) is 9.88 Å². The summed E-state index contributed by atoms with van der Waals surface area (Å²) in [5.41, 5.74) is 10.1. The Morgan fingerprint density at radius 2 is 1.90 bits per heavy atom. The number of aryl methyl sites for hydroxylation is 1. The van der Waals surface area contributed by atoms with Crippen LogP contribution in [0.4, 0.5) is 5.69 Å². The van der Waals surface area contributed by atoms with Gasteiger partial charge < -0.3 is 5.73 Å². The third-order valence-electron chi connectivity index (χ3n) is 3.23. The van der Waals surface area contributed by atoms with E-state index in [0.29, 0.717) is 0 Å². The van der Waals surface area contributed by atoms with Crippen LogP contribution in [0.3, 0.4) is 0 Å². The van der Waals surface area contributed by atoms with Crippen LogP contribution in [0.1, 0.15) is 30.3 Å². The maximum absolute atomic E-state index is 5.85. The fourth-order valence-electron chi connectivity index (χ4n) is 2.40. The van der Waals surface area contributed by atoms with Crippen molar-refractivity contribution in [2.75, 3.05) is 12.3 Å². The van der Waals surface area contributed by atoms with Gasteiger partial charge in [0.25, 0.3) is 0 Å². The highest BCUT2D eigenvalue weighted by molar-refractivity contribution is 5.40. The molecule has 0 saturated heterocycles. The largest absolute Gasteiger partial charge is 0.399 e. The fraction of sp³-hybridized carbons (Fsp3) is 0.353. The first-order chi connectivity index (χ1) is 9.67. The summed E-state index contributed by atoms with van der Waals surface area (Å²) in [7, 11) is 0. The average molecular weight is 269 g/mol. The van der Waals surface area contributed by atoms with E-state index in [-0.39, 0.29) is 0 Å². The lowest BCUT2D eigenvalue weighted by Gasteiger charge is -2.21. The molecule has 0 bridgehead atoms. The molecule has 0 atom stereocenters. The number of hydrogen-bond acceptors (Lipinski definition) is 3. The van der Waals surface area contributed by atoms with Gasteiger partial charge >= 0.3 is 0 Å². The fourth-order valence-corrected chi connectivity index (χ4v) is 2.40. The van der Waals surface area contributed by atoms with Gasteiger partial charge in [0.05, 0.1) is 5.69 Å². The normalized spacial score (nSPS) is 10.9. The highest BCUT2D eigenvalue weighted by Crippen LogP contribution is 2.12. The third kappa shape index (κ3) is 4.35. The number of anilines is 1. The Bertz CT molecular complexity index is 504. The van der Waals surface area contributed by atoms with Gasteiger partial charge in [-0.1, -0.05) is 25.1 Å². The van der Waals surface area contributed by atoms with E-state index >= 15 is 0 Å². The van der Waals surface area contributed by atoms with Crippen molar-refractivity contribution < 1.29 is 0 Å². The quantitative estimate of drug-likeness (QED) is 0.817. The van der Waals surface area contributed by atoms with Crippen LogP contribution in [0.15, 0.2) is 42.5 Å². The summed E-state index contributed by atoms with van der Waals surface area (Å²) in [5, 5.41) is 0. The van der Waals surface area contributed by atoms with Crippen molar-refractivity contribution in [3.05, 3.63) is 59.4 Å². The van der Waals surface area contributed by atoms with Crippen LogP contribution in [0.25, 0.3) is 0 Å². The van der Waals surface area contributed by atoms with E-state index in [1.807, 2.05) is 31.2 Å². The minimum atomic E-state index is 0.827. The Labute approximate surface area is 121 Å². The monoisotopic (exact) mass is 269 g/mol. The molecule has 0 saturated carbocycles. The molecule has 0 radical (unpaired) electrons. The van der Waals surface area contributed by atoms with Crippen molar-refractivity contribution in [3.8, 4) is 0 Å². The van der Waals surface area contributed by atoms with Crippen LogP contribution >= 0.6 is 0 Å². The van der Waals surface area contributed by atoms with Crippen LogP contribution in [0.2, 0.25) is 0 Å². The van der Waals surface area contributed by atoms with Crippen molar-refractivity contribution in [2.45, 2.75) is 33.4 Å². The number of hydrogen-bond donors (Lipinski definition) is 1. The van der Waals surface area contributed by atoms with E-state index in [1.54, 1.807) is 0 Å². The maximum atomic E-state index is 5.85. The van der Waals surface area contributed by atoms with E-state index in [2.05, 4.69) is 35.0 Å². The molecule has 0 spiro atoms. The molecule has 0 aliphatic carbocycles. The molecular formula is C17H23N3. The second kappa shape index (κ2) is 7.06. The molecule has 0 unspecified atom stereocenters. The number of nitrogen functional groups attached to an aromatic ring is 1. The molecular weight excluding hydrogens is 246 g/mol. The first-order valence-electron chi connectivity index (χ1n) is 7.16. The first-order valence-corrected chi connectivity index (χ1v) is 7.16. The van der Waals surface area contributed by atoms with Gasteiger partial charge in [-0.05, 0) is 49.7 Å². The van der Waals surface area contributed by atoms with E-state index in [0.717, 1.165) is 43.1 Å². The lowest BCUT2D eigenvalue weighted by molar-refractivity contribution is 0.254. The summed E-state index contributed by atoms with van der Waals surface area (Å²) in [6.45, 7) is 7.09. The summed E-state index contributed by atoms with van der Waals surface area (Å²) in [4.78, 5) is 7.00. The van der Waals surface area contributed by atoms with Crippen molar-refractivity contribution in [1.29, 1.82) is 0 Å². The van der Waals surface area contributed by atoms with Gasteiger partial charge in [-0.2, -0.15) is 0 Å². The molecule has 0 amide bonds. The van der Waals surface area contributed by atoms with Gasteiger partial charge in [-0.25, -0.2) is 0 Å². The Hall–Kier alpha value is -1.87. The molecule has 1 heterocycles. The Morgan fingerprint density at radius 1 is 1.10 bits per heavy atom. The lowest BCUT2D eigenvalue weighted by Crippen LogP contribution is -2.24. The molecule has 3 nitrogen and oxygen atoms in total. The summed E-state index contributed by atoms with van der Waals surface area (Å²) in [6, 6.07) is 14.3. The smallest absolute Gasteiger partial charge is 0.0547 e. The Kier molecular flexibility index (Phi) is 5.13. The van der Waals surface area contributed by atoms with Crippen LogP contribution in [0.5, 0.6) is 0 Å². The summed E-state index contributed by atoms with van der Waals surface area (Å²) < 4.78 is 0. The Morgan fingerprint density at radius 3 is 2.60 bits per heavy atom. The maximum Gasteiger partial charge on any atom is 0.0547 e. The second-order valence-corrected chi connectivity index (χ2v) is 5.23. The molecule has 2 rings (SSSR count). The molecule has 1 aromatic heterocycles. The van der Waals surface area contributed by atoms with Gasteiger partial charge in [0.2, 0.25) is 0 Å². The summed E-state index contributed by atoms with van der Waals surface area (Å²) >= 11 is 0. The molecule has 106 valence electrons. The molecule has 2 N–H and O–H groups in total. The molecule has 20 heavy (non-hydrogen) atoms. The standard InChI is InChI=1S/C17H23N3/c1-3-10-20(12-15-7-5-8-16(18)11-15)13-17-9-4-6-14(2)19-17/h4-9,11H,3,10,12-13,18H2,1-2H3. The van der Waals surface area contributed by atoms with E-state index in [1.165, 1.54) is 5.56 Å². The molecule has 3 heteroatoms. The number of rotatable bonds is 6. The number of nitrogens with zero attached hydrogens (tertiary/aromatic N) is 2. The van der Waals surface area contributed by atoms with Crippen molar-refractivity contribution in [2.24, 2.45) is 0 Å². The van der Waals surface area contributed by atoms with Crippen LogP contribution in [0, 0.1) is 6.92 Å². The molecule has 2 aromatic rings. The SMILES string of the molecule is CCCN(Cc1cccc(N)c1)Cc1cccc(C)n1. The summed E-state index contributed by atoms with van der Waals surface area (Å²) in [5.74, 6) is 0. The minimum Gasteiger partial charge on any atom is -0.399 e. The average Bonchev–Trinajstić information content (AvgIpc) is 2.39. The van der Waals surface area contributed by atoms with E-state index in [9.17, 15) is 0 Å². The first kappa shape index (κ1) is 14.5. The number of aromatic nitrogens is 1. The highest BCUT2D eigenvalue weighted by Gasteiger charge is 2.07. The summed E-state index contributed by atoms with van der Waals surface area (Å²) in [6.07, 6.45) is 1.13. The predicted molar refractivity (Wildman–Crippen MR) is 84.2 cm³/mol. The number of benzene rings is 1. The van der Waals surface area contributed by atoms with E-state index in [4.69, 9.17) is 5.73 Å². The topological polar surface area (TPSA) is 42.1 Å². The molecule has 1 aromatic carbocycles.